The first-order valence-corrected chi connectivity index (χ1v) is 8.64. The zero-order valence-electron chi connectivity index (χ0n) is 12.7. The third-order valence-electron chi connectivity index (χ3n) is 3.10. The van der Waals surface area contributed by atoms with Crippen molar-refractivity contribution in [1.29, 1.82) is 0 Å². The Kier molecular flexibility index (Phi) is 5.84. The number of sulfonamides is 1. The van der Waals surface area contributed by atoms with Crippen LogP contribution in [-0.2, 0) is 26.0 Å². The number of hydrogen-bond acceptors (Lipinski definition) is 5. The van der Waals surface area contributed by atoms with Gasteiger partial charge in [-0.2, -0.15) is 4.72 Å². The molecule has 0 spiro atoms. The molecule has 0 fully saturated rings. The maximum absolute atomic E-state index is 12.4. The van der Waals surface area contributed by atoms with Gasteiger partial charge >= 0.3 is 5.97 Å². The number of hydrogen-bond donors (Lipinski definition) is 1. The number of carbonyl (C=O) groups excluding carboxylic acids is 1. The SMILES string of the molecule is CCOC(=O)[C@H](Cc1ccccc1)NS(=O)(=O)c1cccnc1. The molecule has 6 nitrogen and oxygen atoms in total. The number of rotatable bonds is 7. The number of benzene rings is 1. The van der Waals surface area contributed by atoms with Crippen LogP contribution >= 0.6 is 0 Å². The molecule has 1 N–H and O–H groups in total. The molecular weight excluding hydrogens is 316 g/mol. The number of carbonyl (C=O) groups is 1. The Bertz CT molecular complexity index is 733. The summed E-state index contributed by atoms with van der Waals surface area (Å²) in [4.78, 5) is 15.9. The Labute approximate surface area is 135 Å². The number of pyridine rings is 1. The van der Waals surface area contributed by atoms with Crippen LogP contribution in [0.1, 0.15) is 12.5 Å². The largest absolute Gasteiger partial charge is 0.465 e. The summed E-state index contributed by atoms with van der Waals surface area (Å²) >= 11 is 0. The van der Waals surface area contributed by atoms with E-state index in [1.54, 1.807) is 6.92 Å². The van der Waals surface area contributed by atoms with E-state index in [1.807, 2.05) is 30.3 Å². The van der Waals surface area contributed by atoms with Crippen molar-refractivity contribution in [3.8, 4) is 0 Å². The minimum atomic E-state index is -3.86. The predicted octanol–water partition coefficient (Wildman–Crippen LogP) is 1.53. The van der Waals surface area contributed by atoms with E-state index in [1.165, 1.54) is 24.5 Å². The number of nitrogens with one attached hydrogen (secondary N) is 1. The molecule has 0 radical (unpaired) electrons. The van der Waals surface area contributed by atoms with Gasteiger partial charge in [-0.05, 0) is 31.0 Å². The molecule has 1 atom stereocenters. The van der Waals surface area contributed by atoms with Crippen molar-refractivity contribution in [3.63, 3.8) is 0 Å². The summed E-state index contributed by atoms with van der Waals surface area (Å²) in [6, 6.07) is 11.1. The fraction of sp³-hybridized carbons (Fsp3) is 0.250. The van der Waals surface area contributed by atoms with E-state index in [0.717, 1.165) is 5.56 Å². The van der Waals surface area contributed by atoms with E-state index < -0.39 is 22.0 Å². The van der Waals surface area contributed by atoms with Crippen molar-refractivity contribution >= 4 is 16.0 Å². The highest BCUT2D eigenvalue weighted by atomic mass is 32.2. The number of esters is 1. The lowest BCUT2D eigenvalue weighted by atomic mass is 10.1. The molecule has 122 valence electrons. The highest BCUT2D eigenvalue weighted by Gasteiger charge is 2.27. The molecule has 2 rings (SSSR count). The zero-order chi connectivity index (χ0) is 16.7. The van der Waals surface area contributed by atoms with Gasteiger partial charge in [-0.25, -0.2) is 8.42 Å². The third kappa shape index (κ3) is 4.87. The van der Waals surface area contributed by atoms with Crippen LogP contribution in [0, 0.1) is 0 Å². The monoisotopic (exact) mass is 334 g/mol. The van der Waals surface area contributed by atoms with Gasteiger partial charge in [0.25, 0.3) is 0 Å². The molecule has 7 heteroatoms. The van der Waals surface area contributed by atoms with Crippen LogP contribution in [0.5, 0.6) is 0 Å². The summed E-state index contributed by atoms with van der Waals surface area (Å²) < 4.78 is 32.1. The second-order valence-electron chi connectivity index (χ2n) is 4.80. The first-order valence-electron chi connectivity index (χ1n) is 7.16. The summed E-state index contributed by atoms with van der Waals surface area (Å²) in [5.41, 5.74) is 0.833. The van der Waals surface area contributed by atoms with Crippen molar-refractivity contribution in [2.75, 3.05) is 6.61 Å². The molecule has 0 unspecified atom stereocenters. The molecule has 1 aromatic heterocycles. The van der Waals surface area contributed by atoms with Gasteiger partial charge in [-0.15, -0.1) is 0 Å². The summed E-state index contributed by atoms with van der Waals surface area (Å²) in [5, 5.41) is 0. The van der Waals surface area contributed by atoms with E-state index in [0.29, 0.717) is 0 Å². The maximum atomic E-state index is 12.4. The second kappa shape index (κ2) is 7.85. The van der Waals surface area contributed by atoms with E-state index in [2.05, 4.69) is 9.71 Å². The average Bonchev–Trinajstić information content (AvgIpc) is 2.56. The van der Waals surface area contributed by atoms with Crippen LogP contribution < -0.4 is 4.72 Å². The second-order valence-corrected chi connectivity index (χ2v) is 6.52. The lowest BCUT2D eigenvalue weighted by Gasteiger charge is -2.17. The van der Waals surface area contributed by atoms with Crippen LogP contribution in [0.15, 0.2) is 59.8 Å². The van der Waals surface area contributed by atoms with Crippen LogP contribution in [0.4, 0.5) is 0 Å². The van der Waals surface area contributed by atoms with Crippen molar-refractivity contribution in [2.24, 2.45) is 0 Å². The lowest BCUT2D eigenvalue weighted by Crippen LogP contribution is -2.43. The standard InChI is InChI=1S/C16H18N2O4S/c1-2-22-16(19)15(11-13-7-4-3-5-8-13)18-23(20,21)14-9-6-10-17-12-14/h3-10,12,15,18H,2,11H2,1H3/t15-/m0/s1. The van der Waals surface area contributed by atoms with Gasteiger partial charge in [0.05, 0.1) is 6.61 Å². The number of aromatic nitrogens is 1. The Morgan fingerprint density at radius 3 is 2.57 bits per heavy atom. The highest BCUT2D eigenvalue weighted by molar-refractivity contribution is 7.89. The molecule has 1 heterocycles. The topological polar surface area (TPSA) is 85.4 Å². The molecule has 0 saturated heterocycles. The van der Waals surface area contributed by atoms with Crippen molar-refractivity contribution < 1.29 is 17.9 Å². The van der Waals surface area contributed by atoms with E-state index in [4.69, 9.17) is 4.74 Å². The quantitative estimate of drug-likeness (QED) is 0.776. The molecule has 0 aliphatic heterocycles. The molecule has 1 aromatic carbocycles. The Hall–Kier alpha value is -2.25. The third-order valence-corrected chi connectivity index (χ3v) is 4.55. The molecule has 23 heavy (non-hydrogen) atoms. The summed E-state index contributed by atoms with van der Waals surface area (Å²) in [6.07, 6.45) is 2.91. The van der Waals surface area contributed by atoms with E-state index in [9.17, 15) is 13.2 Å². The Morgan fingerprint density at radius 1 is 1.22 bits per heavy atom. The first kappa shape index (κ1) is 17.1. The van der Waals surface area contributed by atoms with Gasteiger partial charge < -0.3 is 4.74 Å². The van der Waals surface area contributed by atoms with Crippen molar-refractivity contribution in [1.82, 2.24) is 9.71 Å². The average molecular weight is 334 g/mol. The van der Waals surface area contributed by atoms with Gasteiger partial charge in [0.15, 0.2) is 0 Å². The van der Waals surface area contributed by atoms with E-state index >= 15 is 0 Å². The summed E-state index contributed by atoms with van der Waals surface area (Å²) in [6.45, 7) is 1.85. The first-order chi connectivity index (χ1) is 11.0. The normalized spacial score (nSPS) is 12.6. The van der Waals surface area contributed by atoms with Crippen LogP contribution in [0.25, 0.3) is 0 Å². The summed E-state index contributed by atoms with van der Waals surface area (Å²) in [7, 11) is -3.86. The van der Waals surface area contributed by atoms with Crippen LogP contribution in [0.3, 0.4) is 0 Å². The van der Waals surface area contributed by atoms with Gasteiger partial charge in [-0.3, -0.25) is 9.78 Å². The fourth-order valence-electron chi connectivity index (χ4n) is 2.03. The molecule has 2 aromatic rings. The van der Waals surface area contributed by atoms with Gasteiger partial charge in [-0.1, -0.05) is 30.3 Å². The zero-order valence-corrected chi connectivity index (χ0v) is 13.5. The van der Waals surface area contributed by atoms with Crippen LogP contribution in [0.2, 0.25) is 0 Å². The lowest BCUT2D eigenvalue weighted by molar-refractivity contribution is -0.145. The molecule has 0 bridgehead atoms. The Balaban J connectivity index is 2.22. The minimum Gasteiger partial charge on any atom is -0.465 e. The highest BCUT2D eigenvalue weighted by Crippen LogP contribution is 2.10. The van der Waals surface area contributed by atoms with Crippen molar-refractivity contribution in [2.45, 2.75) is 24.3 Å². The molecule has 0 amide bonds. The summed E-state index contributed by atoms with van der Waals surface area (Å²) in [5.74, 6) is -0.608. The van der Waals surface area contributed by atoms with Crippen LogP contribution in [-0.4, -0.2) is 32.0 Å². The smallest absolute Gasteiger partial charge is 0.324 e. The van der Waals surface area contributed by atoms with Gasteiger partial charge in [0, 0.05) is 12.4 Å². The fourth-order valence-corrected chi connectivity index (χ4v) is 3.17. The van der Waals surface area contributed by atoms with E-state index in [-0.39, 0.29) is 17.9 Å². The Morgan fingerprint density at radius 2 is 1.96 bits per heavy atom. The maximum Gasteiger partial charge on any atom is 0.324 e. The van der Waals surface area contributed by atoms with Gasteiger partial charge in [0.1, 0.15) is 10.9 Å². The molecular formula is C16H18N2O4S. The predicted molar refractivity (Wildman–Crippen MR) is 85.1 cm³/mol. The molecule has 0 aliphatic carbocycles. The van der Waals surface area contributed by atoms with Crippen molar-refractivity contribution in [3.05, 3.63) is 60.4 Å². The molecule has 0 saturated carbocycles. The molecule has 0 aliphatic rings. The minimum absolute atomic E-state index is 0.00219. The number of nitrogens with zero attached hydrogens (tertiary/aromatic N) is 1. The van der Waals surface area contributed by atoms with Gasteiger partial charge in [0.2, 0.25) is 10.0 Å². The number of ether oxygens (including phenoxy) is 1.